The molecule has 5 heteroatoms. The Balaban J connectivity index is 2.22. The lowest BCUT2D eigenvalue weighted by molar-refractivity contribution is 0.255. The Hall–Kier alpha value is -1.26. The van der Waals surface area contributed by atoms with Crippen LogP contribution in [0.4, 0.5) is 0 Å². The van der Waals surface area contributed by atoms with Gasteiger partial charge in [0.1, 0.15) is 0 Å². The molecule has 0 unspecified atom stereocenters. The van der Waals surface area contributed by atoms with Gasteiger partial charge in [-0.2, -0.15) is 0 Å². The average molecular weight is 197 g/mol. The van der Waals surface area contributed by atoms with Crippen LogP contribution < -0.4 is 11.5 Å². The highest BCUT2D eigenvalue weighted by molar-refractivity contribution is 5.76. The summed E-state index contributed by atoms with van der Waals surface area (Å²) in [6, 6.07) is 0. The largest absolute Gasteiger partial charge is 0.388 e. The van der Waals surface area contributed by atoms with Crippen LogP contribution in [0.25, 0.3) is 0 Å². The van der Waals surface area contributed by atoms with E-state index in [1.165, 1.54) is 0 Å². The van der Waals surface area contributed by atoms with Crippen LogP contribution in [0.15, 0.2) is 0 Å². The standard InChI is InChI=1S/C9H19N5/c10-8(11)2-1-7-3-5-14(6-4-7)9(12)13/h7H,1-6H2,(H3,10,11)(H3,12,13). The molecular weight excluding hydrogens is 178 g/mol. The molecule has 80 valence electrons. The highest BCUT2D eigenvalue weighted by Crippen LogP contribution is 2.21. The second-order valence-corrected chi connectivity index (χ2v) is 3.88. The number of hydrogen-bond acceptors (Lipinski definition) is 2. The molecule has 5 nitrogen and oxygen atoms in total. The maximum atomic E-state index is 7.27. The Bertz CT molecular complexity index is 217. The highest BCUT2D eigenvalue weighted by atomic mass is 15.2. The smallest absolute Gasteiger partial charge is 0.188 e. The maximum absolute atomic E-state index is 7.27. The Morgan fingerprint density at radius 1 is 1.21 bits per heavy atom. The lowest BCUT2D eigenvalue weighted by Gasteiger charge is -2.32. The molecule has 1 aliphatic rings. The molecule has 0 radical (unpaired) electrons. The van der Waals surface area contributed by atoms with Gasteiger partial charge in [-0.05, 0) is 25.2 Å². The third kappa shape index (κ3) is 3.24. The van der Waals surface area contributed by atoms with Gasteiger partial charge in [0.2, 0.25) is 0 Å². The second-order valence-electron chi connectivity index (χ2n) is 3.88. The Morgan fingerprint density at radius 2 is 1.79 bits per heavy atom. The maximum Gasteiger partial charge on any atom is 0.188 e. The van der Waals surface area contributed by atoms with Crippen molar-refractivity contribution < 1.29 is 0 Å². The van der Waals surface area contributed by atoms with Gasteiger partial charge >= 0.3 is 0 Å². The van der Waals surface area contributed by atoms with Gasteiger partial charge in [-0.15, -0.1) is 0 Å². The van der Waals surface area contributed by atoms with E-state index >= 15 is 0 Å². The summed E-state index contributed by atoms with van der Waals surface area (Å²) in [4.78, 5) is 1.89. The molecular formula is C9H19N5. The second kappa shape index (κ2) is 4.83. The number of rotatable bonds is 3. The molecule has 0 aliphatic carbocycles. The fourth-order valence-electron chi connectivity index (χ4n) is 1.82. The number of piperidine rings is 1. The van der Waals surface area contributed by atoms with Gasteiger partial charge in [0.05, 0.1) is 5.84 Å². The average Bonchev–Trinajstić information content (AvgIpc) is 2.15. The van der Waals surface area contributed by atoms with Crippen LogP contribution in [0.1, 0.15) is 25.7 Å². The highest BCUT2D eigenvalue weighted by Gasteiger charge is 2.19. The van der Waals surface area contributed by atoms with Crippen molar-refractivity contribution >= 4 is 11.8 Å². The van der Waals surface area contributed by atoms with E-state index in [-0.39, 0.29) is 11.8 Å². The number of likely N-dealkylation sites (tertiary alicyclic amines) is 1. The van der Waals surface area contributed by atoms with Crippen LogP contribution in [0.2, 0.25) is 0 Å². The van der Waals surface area contributed by atoms with Gasteiger partial charge in [0, 0.05) is 19.5 Å². The van der Waals surface area contributed by atoms with Crippen molar-refractivity contribution in [3.63, 3.8) is 0 Å². The molecule has 0 atom stereocenters. The topological polar surface area (TPSA) is 103 Å². The summed E-state index contributed by atoms with van der Waals surface area (Å²) < 4.78 is 0. The van der Waals surface area contributed by atoms with Crippen LogP contribution >= 0.6 is 0 Å². The minimum absolute atomic E-state index is 0.176. The van der Waals surface area contributed by atoms with E-state index in [0.717, 1.165) is 32.4 Å². The summed E-state index contributed by atoms with van der Waals surface area (Å²) in [5.41, 5.74) is 10.7. The molecule has 6 N–H and O–H groups in total. The molecule has 0 bridgehead atoms. The summed E-state index contributed by atoms with van der Waals surface area (Å²) in [5, 5.41) is 14.4. The first-order chi connectivity index (χ1) is 6.59. The summed E-state index contributed by atoms with van der Waals surface area (Å²) in [6.45, 7) is 1.75. The zero-order valence-electron chi connectivity index (χ0n) is 8.42. The van der Waals surface area contributed by atoms with Gasteiger partial charge in [-0.3, -0.25) is 10.8 Å². The third-order valence-electron chi connectivity index (χ3n) is 2.78. The molecule has 0 spiro atoms. The van der Waals surface area contributed by atoms with Crippen molar-refractivity contribution in [2.45, 2.75) is 25.7 Å². The molecule has 0 aromatic carbocycles. The Kier molecular flexibility index (Phi) is 3.73. The van der Waals surface area contributed by atoms with Crippen molar-refractivity contribution in [3.8, 4) is 0 Å². The molecule has 0 aromatic rings. The van der Waals surface area contributed by atoms with E-state index < -0.39 is 0 Å². The van der Waals surface area contributed by atoms with E-state index in [2.05, 4.69) is 0 Å². The van der Waals surface area contributed by atoms with Crippen molar-refractivity contribution in [2.75, 3.05) is 13.1 Å². The number of guanidine groups is 1. The molecule has 1 heterocycles. The number of nitrogens with one attached hydrogen (secondary N) is 2. The summed E-state index contributed by atoms with van der Waals surface area (Å²) >= 11 is 0. The zero-order valence-corrected chi connectivity index (χ0v) is 8.42. The predicted molar refractivity (Wildman–Crippen MR) is 57.4 cm³/mol. The van der Waals surface area contributed by atoms with Crippen LogP contribution in [0.5, 0.6) is 0 Å². The lowest BCUT2D eigenvalue weighted by Crippen LogP contribution is -2.42. The quantitative estimate of drug-likeness (QED) is 0.386. The lowest BCUT2D eigenvalue weighted by atomic mass is 9.92. The SMILES string of the molecule is N=C(N)CCC1CCN(C(=N)N)CC1. The number of hydrogen-bond donors (Lipinski definition) is 4. The first-order valence-electron chi connectivity index (χ1n) is 5.01. The Labute approximate surface area is 84.5 Å². The van der Waals surface area contributed by atoms with Gasteiger partial charge in [0.15, 0.2) is 5.96 Å². The van der Waals surface area contributed by atoms with E-state index in [1.807, 2.05) is 4.90 Å². The van der Waals surface area contributed by atoms with Crippen molar-refractivity contribution in [1.82, 2.24) is 4.90 Å². The predicted octanol–water partition coefficient (Wildman–Crippen LogP) is 0.308. The molecule has 1 rings (SSSR count). The van der Waals surface area contributed by atoms with Gasteiger partial charge in [-0.25, -0.2) is 0 Å². The van der Waals surface area contributed by atoms with Gasteiger partial charge in [0.25, 0.3) is 0 Å². The zero-order chi connectivity index (χ0) is 10.6. The third-order valence-corrected chi connectivity index (χ3v) is 2.78. The fraction of sp³-hybridized carbons (Fsp3) is 0.778. The Morgan fingerprint density at radius 3 is 2.21 bits per heavy atom. The van der Waals surface area contributed by atoms with Crippen molar-refractivity contribution in [1.29, 1.82) is 10.8 Å². The summed E-state index contributed by atoms with van der Waals surface area (Å²) in [6.07, 6.45) is 3.82. The number of nitrogens with zero attached hydrogens (tertiary/aromatic N) is 1. The molecule has 0 saturated carbocycles. The molecule has 1 aliphatic heterocycles. The first kappa shape index (κ1) is 10.8. The van der Waals surface area contributed by atoms with E-state index in [4.69, 9.17) is 22.3 Å². The van der Waals surface area contributed by atoms with E-state index in [1.54, 1.807) is 0 Å². The minimum atomic E-state index is 0.176. The number of nitrogens with two attached hydrogens (primary N) is 2. The van der Waals surface area contributed by atoms with Crippen molar-refractivity contribution in [3.05, 3.63) is 0 Å². The summed E-state index contributed by atoms with van der Waals surface area (Å²) in [7, 11) is 0. The molecule has 0 amide bonds. The van der Waals surface area contributed by atoms with Gasteiger partial charge < -0.3 is 16.4 Å². The van der Waals surface area contributed by atoms with Gasteiger partial charge in [-0.1, -0.05) is 0 Å². The molecule has 1 saturated heterocycles. The van der Waals surface area contributed by atoms with Crippen LogP contribution in [-0.4, -0.2) is 29.8 Å². The molecule has 0 aromatic heterocycles. The van der Waals surface area contributed by atoms with Crippen LogP contribution in [-0.2, 0) is 0 Å². The monoisotopic (exact) mass is 197 g/mol. The van der Waals surface area contributed by atoms with E-state index in [0.29, 0.717) is 12.3 Å². The molecule has 14 heavy (non-hydrogen) atoms. The van der Waals surface area contributed by atoms with Crippen molar-refractivity contribution in [2.24, 2.45) is 17.4 Å². The normalized spacial score (nSPS) is 18.1. The summed E-state index contributed by atoms with van der Waals surface area (Å²) in [5.74, 6) is 1.10. The van der Waals surface area contributed by atoms with Crippen LogP contribution in [0, 0.1) is 16.7 Å². The van der Waals surface area contributed by atoms with Crippen LogP contribution in [0.3, 0.4) is 0 Å². The van der Waals surface area contributed by atoms with E-state index in [9.17, 15) is 0 Å². The molecule has 1 fully saturated rings. The first-order valence-corrected chi connectivity index (χ1v) is 5.01. The minimum Gasteiger partial charge on any atom is -0.388 e. The number of amidine groups is 1. The fourth-order valence-corrected chi connectivity index (χ4v) is 1.82.